The average Bonchev–Trinajstić information content (AvgIpc) is 3.43. The third kappa shape index (κ3) is 11.5. The number of carbonyl (C=O) groups is 3. The van der Waals surface area contributed by atoms with Crippen molar-refractivity contribution >= 4 is 29.1 Å². The van der Waals surface area contributed by atoms with Crippen LogP contribution in [-0.4, -0.2) is 60.0 Å². The molecule has 0 fully saturated rings. The smallest absolute Gasteiger partial charge is 0.308 e. The van der Waals surface area contributed by atoms with Gasteiger partial charge < -0.3 is 19.7 Å². The number of nitrogens with zero attached hydrogens (tertiary/aromatic N) is 2. The molecule has 1 aromatic heterocycles. The van der Waals surface area contributed by atoms with Gasteiger partial charge in [0.2, 0.25) is 5.91 Å². The van der Waals surface area contributed by atoms with E-state index < -0.39 is 0 Å². The Balaban J connectivity index is 2.23. The van der Waals surface area contributed by atoms with Gasteiger partial charge in [-0.15, -0.1) is 11.3 Å². The van der Waals surface area contributed by atoms with Crippen LogP contribution in [0, 0.1) is 17.8 Å². The fourth-order valence-corrected chi connectivity index (χ4v) is 5.83. The first kappa shape index (κ1) is 35.4. The molecule has 4 atom stereocenters. The fraction of sp³-hybridized carbons (Fsp3) is 0.636. The molecule has 0 saturated heterocycles. The van der Waals surface area contributed by atoms with Crippen molar-refractivity contribution in [3.8, 4) is 0 Å². The van der Waals surface area contributed by atoms with Gasteiger partial charge in [0.1, 0.15) is 16.8 Å². The lowest BCUT2D eigenvalue weighted by Crippen LogP contribution is -2.42. The first-order valence-electron chi connectivity index (χ1n) is 15.3. The van der Waals surface area contributed by atoms with Gasteiger partial charge in [-0.05, 0) is 43.6 Å². The summed E-state index contributed by atoms with van der Waals surface area (Å²) in [7, 11) is 1.87. The Morgan fingerprint density at radius 1 is 1.02 bits per heavy atom. The zero-order chi connectivity index (χ0) is 31.2. The molecule has 1 N–H and O–H groups in total. The van der Waals surface area contributed by atoms with E-state index in [1.54, 1.807) is 12.3 Å². The van der Waals surface area contributed by atoms with Crippen molar-refractivity contribution in [3.63, 3.8) is 0 Å². The van der Waals surface area contributed by atoms with Crippen molar-refractivity contribution in [2.75, 3.05) is 20.3 Å². The lowest BCUT2D eigenvalue weighted by atomic mass is 9.95. The minimum absolute atomic E-state index is 0.0288. The van der Waals surface area contributed by atoms with Crippen LogP contribution in [0.3, 0.4) is 0 Å². The SMILES string of the molecule is CCCOC(CC(C(C)C)N(C)C(=O)CC(C)C)c1nc(C(=O)NC(Cc2ccccc2)CC(C)C(=O)OCC)cs1. The summed E-state index contributed by atoms with van der Waals surface area (Å²) in [6.07, 6.45) is 2.65. The summed E-state index contributed by atoms with van der Waals surface area (Å²) in [5.41, 5.74) is 1.40. The van der Waals surface area contributed by atoms with Gasteiger partial charge in [0.05, 0.1) is 12.5 Å². The summed E-state index contributed by atoms with van der Waals surface area (Å²) in [5.74, 6) is -0.284. The Hall–Kier alpha value is -2.78. The number of hydrogen-bond donors (Lipinski definition) is 1. The van der Waals surface area contributed by atoms with Crippen molar-refractivity contribution in [1.82, 2.24) is 15.2 Å². The van der Waals surface area contributed by atoms with Gasteiger partial charge in [-0.2, -0.15) is 0 Å². The molecule has 0 aliphatic heterocycles. The molecule has 1 aromatic carbocycles. The third-order valence-corrected chi connectivity index (χ3v) is 8.18. The predicted molar refractivity (Wildman–Crippen MR) is 168 cm³/mol. The van der Waals surface area contributed by atoms with E-state index in [1.807, 2.05) is 63.1 Å². The minimum atomic E-state index is -0.361. The van der Waals surface area contributed by atoms with Crippen LogP contribution in [0.2, 0.25) is 0 Å². The molecule has 0 saturated carbocycles. The molecular formula is C33H51N3O5S. The van der Waals surface area contributed by atoms with Crippen LogP contribution < -0.4 is 5.32 Å². The van der Waals surface area contributed by atoms with Crippen LogP contribution in [0.5, 0.6) is 0 Å². The van der Waals surface area contributed by atoms with Gasteiger partial charge in [0.25, 0.3) is 5.91 Å². The fourth-order valence-electron chi connectivity index (χ4n) is 4.97. The summed E-state index contributed by atoms with van der Waals surface area (Å²) in [6, 6.07) is 9.60. The number of amides is 2. The molecule has 2 rings (SSSR count). The molecule has 234 valence electrons. The van der Waals surface area contributed by atoms with E-state index in [2.05, 4.69) is 26.1 Å². The third-order valence-electron chi connectivity index (χ3n) is 7.24. The first-order chi connectivity index (χ1) is 20.0. The number of ether oxygens (including phenoxy) is 2. The standard InChI is InChI=1S/C33H51N3O5S/c1-9-16-41-29(20-28(23(5)6)36(8)30(37)17-22(3)4)32-35-27(21-42-32)31(38)34-26(18-24(7)33(39)40-10-2)19-25-14-12-11-13-15-25/h11-15,21-24,26,28-29H,9-10,16-20H2,1-8H3,(H,34,38). The molecule has 2 aromatic rings. The van der Waals surface area contributed by atoms with E-state index in [0.29, 0.717) is 44.6 Å². The lowest BCUT2D eigenvalue weighted by molar-refractivity contribution is -0.147. The number of rotatable bonds is 18. The van der Waals surface area contributed by atoms with Gasteiger partial charge in [0, 0.05) is 44.0 Å². The normalized spacial score (nSPS) is 14.3. The molecule has 0 aliphatic carbocycles. The largest absolute Gasteiger partial charge is 0.466 e. The molecule has 0 bridgehead atoms. The lowest BCUT2D eigenvalue weighted by Gasteiger charge is -2.34. The van der Waals surface area contributed by atoms with Crippen LogP contribution in [0.15, 0.2) is 35.7 Å². The second kappa shape index (κ2) is 18.0. The number of nitrogens with one attached hydrogen (secondary N) is 1. The quantitative estimate of drug-likeness (QED) is 0.197. The highest BCUT2D eigenvalue weighted by atomic mass is 32.1. The van der Waals surface area contributed by atoms with E-state index in [9.17, 15) is 14.4 Å². The number of aromatic nitrogens is 1. The molecule has 2 amide bonds. The van der Waals surface area contributed by atoms with Crippen molar-refractivity contribution < 1.29 is 23.9 Å². The monoisotopic (exact) mass is 601 g/mol. The topological polar surface area (TPSA) is 97.8 Å². The van der Waals surface area contributed by atoms with E-state index in [4.69, 9.17) is 14.5 Å². The highest BCUT2D eigenvalue weighted by molar-refractivity contribution is 7.09. The molecule has 0 spiro atoms. The molecule has 4 unspecified atom stereocenters. The maximum absolute atomic E-state index is 13.4. The Morgan fingerprint density at radius 3 is 2.31 bits per heavy atom. The number of benzene rings is 1. The number of thiazole rings is 1. The Labute approximate surface area is 256 Å². The van der Waals surface area contributed by atoms with Crippen LogP contribution >= 0.6 is 11.3 Å². The van der Waals surface area contributed by atoms with Crippen molar-refractivity contribution in [1.29, 1.82) is 0 Å². The predicted octanol–water partition coefficient (Wildman–Crippen LogP) is 6.46. The van der Waals surface area contributed by atoms with E-state index in [0.717, 1.165) is 17.0 Å². The Kier molecular flexibility index (Phi) is 15.2. The van der Waals surface area contributed by atoms with E-state index in [-0.39, 0.29) is 53.7 Å². The molecule has 42 heavy (non-hydrogen) atoms. The Bertz CT molecular complexity index is 1100. The number of hydrogen-bond acceptors (Lipinski definition) is 7. The maximum atomic E-state index is 13.4. The Morgan fingerprint density at radius 2 is 1.71 bits per heavy atom. The van der Waals surface area contributed by atoms with Gasteiger partial charge >= 0.3 is 5.97 Å². The van der Waals surface area contributed by atoms with Crippen molar-refractivity contribution in [3.05, 3.63) is 52.0 Å². The van der Waals surface area contributed by atoms with Crippen LogP contribution in [0.4, 0.5) is 0 Å². The average molecular weight is 602 g/mol. The van der Waals surface area contributed by atoms with Gasteiger partial charge in [-0.3, -0.25) is 14.4 Å². The van der Waals surface area contributed by atoms with Crippen LogP contribution in [0.25, 0.3) is 0 Å². The maximum Gasteiger partial charge on any atom is 0.308 e. The molecule has 8 nitrogen and oxygen atoms in total. The zero-order valence-electron chi connectivity index (χ0n) is 26.7. The second-order valence-corrected chi connectivity index (χ2v) is 12.7. The summed E-state index contributed by atoms with van der Waals surface area (Å²) >= 11 is 1.40. The van der Waals surface area contributed by atoms with Gasteiger partial charge in [-0.25, -0.2) is 4.98 Å². The summed E-state index contributed by atoms with van der Waals surface area (Å²) in [4.78, 5) is 45.2. The van der Waals surface area contributed by atoms with Crippen molar-refractivity contribution in [2.24, 2.45) is 17.8 Å². The number of carbonyl (C=O) groups excluding carboxylic acids is 3. The van der Waals surface area contributed by atoms with E-state index >= 15 is 0 Å². The van der Waals surface area contributed by atoms with Crippen LogP contribution in [-0.2, 0) is 25.5 Å². The molecule has 0 aliphatic rings. The molecule has 9 heteroatoms. The molecule has 0 radical (unpaired) electrons. The van der Waals surface area contributed by atoms with E-state index in [1.165, 1.54) is 11.3 Å². The second-order valence-electron chi connectivity index (χ2n) is 11.8. The minimum Gasteiger partial charge on any atom is -0.466 e. The summed E-state index contributed by atoms with van der Waals surface area (Å²) in [5, 5.41) is 5.61. The first-order valence-corrected chi connectivity index (χ1v) is 16.2. The highest BCUT2D eigenvalue weighted by Crippen LogP contribution is 2.31. The highest BCUT2D eigenvalue weighted by Gasteiger charge is 2.30. The van der Waals surface area contributed by atoms with Crippen LogP contribution in [0.1, 0.15) is 101 Å². The zero-order valence-corrected chi connectivity index (χ0v) is 27.5. The molecule has 1 heterocycles. The molecular weight excluding hydrogens is 550 g/mol. The van der Waals surface area contributed by atoms with Crippen molar-refractivity contribution in [2.45, 2.75) is 98.8 Å². The summed E-state index contributed by atoms with van der Waals surface area (Å²) < 4.78 is 11.5. The van der Waals surface area contributed by atoms with Gasteiger partial charge in [-0.1, -0.05) is 71.9 Å². The number of esters is 1. The van der Waals surface area contributed by atoms with Gasteiger partial charge in [0.15, 0.2) is 0 Å². The summed E-state index contributed by atoms with van der Waals surface area (Å²) in [6.45, 7) is 14.9.